The van der Waals surface area contributed by atoms with Crippen LogP contribution in [-0.4, -0.2) is 24.6 Å². The van der Waals surface area contributed by atoms with Crippen molar-refractivity contribution < 1.29 is 4.74 Å². The molecule has 0 radical (unpaired) electrons. The molecular formula is C25H43NO. The molecule has 0 atom stereocenters. The third-order valence-corrected chi connectivity index (χ3v) is 5.79. The summed E-state index contributed by atoms with van der Waals surface area (Å²) < 4.78 is 5.93. The molecule has 0 aliphatic carbocycles. The first kappa shape index (κ1) is 22.3. The first-order valence-electron chi connectivity index (χ1n) is 11.8. The van der Waals surface area contributed by atoms with Crippen molar-refractivity contribution in [2.45, 2.75) is 103 Å². The van der Waals surface area contributed by atoms with Crippen molar-refractivity contribution in [1.29, 1.82) is 0 Å². The lowest BCUT2D eigenvalue weighted by atomic mass is 10.1. The molecule has 1 heterocycles. The second-order valence-corrected chi connectivity index (χ2v) is 8.36. The Morgan fingerprint density at radius 1 is 0.704 bits per heavy atom. The van der Waals surface area contributed by atoms with Gasteiger partial charge in [0.25, 0.3) is 0 Å². The molecule has 0 unspecified atom stereocenters. The van der Waals surface area contributed by atoms with E-state index in [-0.39, 0.29) is 0 Å². The van der Waals surface area contributed by atoms with E-state index in [9.17, 15) is 0 Å². The highest BCUT2D eigenvalue weighted by atomic mass is 16.5. The van der Waals surface area contributed by atoms with Crippen molar-refractivity contribution in [3.8, 4) is 5.75 Å². The zero-order chi connectivity index (χ0) is 19.0. The topological polar surface area (TPSA) is 12.5 Å². The first-order valence-corrected chi connectivity index (χ1v) is 11.8. The molecule has 1 aliphatic heterocycles. The quantitative estimate of drug-likeness (QED) is 0.316. The van der Waals surface area contributed by atoms with Gasteiger partial charge in [-0.3, -0.25) is 4.90 Å². The van der Waals surface area contributed by atoms with E-state index in [0.717, 1.165) is 18.9 Å². The van der Waals surface area contributed by atoms with Crippen LogP contribution in [0, 0.1) is 0 Å². The van der Waals surface area contributed by atoms with Crippen molar-refractivity contribution in [3.05, 3.63) is 29.8 Å². The van der Waals surface area contributed by atoms with Gasteiger partial charge in [0.05, 0.1) is 6.61 Å². The Morgan fingerprint density at radius 3 is 1.85 bits per heavy atom. The fraction of sp³-hybridized carbons (Fsp3) is 0.760. The smallest absolute Gasteiger partial charge is 0.119 e. The molecule has 2 nitrogen and oxygen atoms in total. The van der Waals surface area contributed by atoms with Gasteiger partial charge < -0.3 is 4.74 Å². The summed E-state index contributed by atoms with van der Waals surface area (Å²) in [5, 5.41) is 0. The number of hydrogen-bond acceptors (Lipinski definition) is 2. The van der Waals surface area contributed by atoms with Crippen LogP contribution in [0.5, 0.6) is 5.75 Å². The molecular weight excluding hydrogens is 330 g/mol. The molecule has 1 saturated heterocycles. The van der Waals surface area contributed by atoms with Gasteiger partial charge in [-0.05, 0) is 50.0 Å². The Kier molecular flexibility index (Phi) is 12.3. The summed E-state index contributed by atoms with van der Waals surface area (Å²) >= 11 is 0. The zero-order valence-electron chi connectivity index (χ0n) is 17.9. The number of unbranched alkanes of at least 4 members (excludes halogenated alkanes) is 9. The first-order chi connectivity index (χ1) is 13.4. The van der Waals surface area contributed by atoms with E-state index in [0.29, 0.717) is 0 Å². The molecule has 0 amide bonds. The van der Waals surface area contributed by atoms with E-state index in [1.807, 2.05) is 0 Å². The summed E-state index contributed by atoms with van der Waals surface area (Å²) in [6.45, 7) is 6.77. The zero-order valence-corrected chi connectivity index (χ0v) is 17.9. The number of benzene rings is 1. The number of hydrogen-bond donors (Lipinski definition) is 0. The summed E-state index contributed by atoms with van der Waals surface area (Å²) in [7, 11) is 0. The third kappa shape index (κ3) is 10.8. The molecule has 0 spiro atoms. The maximum atomic E-state index is 5.93. The van der Waals surface area contributed by atoms with Crippen molar-refractivity contribution in [2.75, 3.05) is 19.7 Å². The Balaban J connectivity index is 1.47. The van der Waals surface area contributed by atoms with Crippen molar-refractivity contribution in [2.24, 2.45) is 0 Å². The van der Waals surface area contributed by atoms with Gasteiger partial charge in [-0.1, -0.05) is 89.7 Å². The van der Waals surface area contributed by atoms with Crippen LogP contribution in [0.1, 0.15) is 102 Å². The molecule has 1 aromatic rings. The van der Waals surface area contributed by atoms with Crippen LogP contribution >= 0.6 is 0 Å². The van der Waals surface area contributed by atoms with E-state index in [1.54, 1.807) is 0 Å². The number of rotatable bonds is 14. The molecule has 0 aromatic heterocycles. The standard InChI is InChI=1S/C25H43NO/c1-2-3-4-5-6-7-8-9-12-15-22-27-25-18-16-24(17-19-25)23-26-20-13-10-11-14-21-26/h16-19H,2-15,20-23H2,1H3. The molecule has 0 bridgehead atoms. The van der Waals surface area contributed by atoms with Gasteiger partial charge in [0, 0.05) is 6.54 Å². The summed E-state index contributed by atoms with van der Waals surface area (Å²) in [4.78, 5) is 2.60. The van der Waals surface area contributed by atoms with Crippen LogP contribution in [-0.2, 0) is 6.54 Å². The van der Waals surface area contributed by atoms with E-state index < -0.39 is 0 Å². The predicted octanol–water partition coefficient (Wildman–Crippen LogP) is 7.36. The highest BCUT2D eigenvalue weighted by molar-refractivity contribution is 5.27. The molecule has 154 valence electrons. The van der Waals surface area contributed by atoms with E-state index in [1.165, 1.54) is 109 Å². The lowest BCUT2D eigenvalue weighted by molar-refractivity contribution is 0.276. The average molecular weight is 374 g/mol. The van der Waals surface area contributed by atoms with Crippen LogP contribution in [0.3, 0.4) is 0 Å². The molecule has 0 N–H and O–H groups in total. The van der Waals surface area contributed by atoms with Gasteiger partial charge in [0.2, 0.25) is 0 Å². The molecule has 27 heavy (non-hydrogen) atoms. The van der Waals surface area contributed by atoms with E-state index in [4.69, 9.17) is 4.74 Å². The van der Waals surface area contributed by atoms with Gasteiger partial charge >= 0.3 is 0 Å². The molecule has 2 rings (SSSR count). The summed E-state index contributed by atoms with van der Waals surface area (Å²) in [6, 6.07) is 8.81. The Morgan fingerprint density at radius 2 is 1.26 bits per heavy atom. The Labute approximate surface area is 168 Å². The van der Waals surface area contributed by atoms with Gasteiger partial charge in [0.15, 0.2) is 0 Å². The normalized spacial score (nSPS) is 15.6. The third-order valence-electron chi connectivity index (χ3n) is 5.79. The highest BCUT2D eigenvalue weighted by Crippen LogP contribution is 2.17. The van der Waals surface area contributed by atoms with Gasteiger partial charge in [-0.2, -0.15) is 0 Å². The van der Waals surface area contributed by atoms with Crippen molar-refractivity contribution in [3.63, 3.8) is 0 Å². The maximum Gasteiger partial charge on any atom is 0.119 e. The second kappa shape index (κ2) is 15.0. The molecule has 2 heteroatoms. The minimum Gasteiger partial charge on any atom is -0.494 e. The van der Waals surface area contributed by atoms with Crippen LogP contribution in [0.4, 0.5) is 0 Å². The molecule has 0 saturated carbocycles. The summed E-state index contributed by atoms with van der Waals surface area (Å²) in [5.74, 6) is 1.03. The predicted molar refractivity (Wildman–Crippen MR) is 118 cm³/mol. The van der Waals surface area contributed by atoms with Crippen molar-refractivity contribution in [1.82, 2.24) is 4.90 Å². The maximum absolute atomic E-state index is 5.93. The average Bonchev–Trinajstić information content (AvgIpc) is 2.96. The van der Waals surface area contributed by atoms with Crippen LogP contribution in [0.2, 0.25) is 0 Å². The van der Waals surface area contributed by atoms with Crippen LogP contribution < -0.4 is 4.74 Å². The SMILES string of the molecule is CCCCCCCCCCCCOc1ccc(CN2CCCCCC2)cc1. The minimum atomic E-state index is 0.863. The van der Waals surface area contributed by atoms with Crippen molar-refractivity contribution >= 4 is 0 Å². The second-order valence-electron chi connectivity index (χ2n) is 8.36. The minimum absolute atomic E-state index is 0.863. The monoisotopic (exact) mass is 373 g/mol. The van der Waals surface area contributed by atoms with Gasteiger partial charge in [0.1, 0.15) is 5.75 Å². The van der Waals surface area contributed by atoms with Gasteiger partial charge in [-0.15, -0.1) is 0 Å². The molecule has 1 aliphatic rings. The summed E-state index contributed by atoms with van der Waals surface area (Å²) in [6.07, 6.45) is 19.3. The number of ether oxygens (including phenoxy) is 1. The van der Waals surface area contributed by atoms with E-state index >= 15 is 0 Å². The Hall–Kier alpha value is -1.02. The fourth-order valence-electron chi connectivity index (χ4n) is 4.02. The largest absolute Gasteiger partial charge is 0.494 e. The molecule has 1 fully saturated rings. The highest BCUT2D eigenvalue weighted by Gasteiger charge is 2.09. The fourth-order valence-corrected chi connectivity index (χ4v) is 4.02. The van der Waals surface area contributed by atoms with Crippen LogP contribution in [0.25, 0.3) is 0 Å². The van der Waals surface area contributed by atoms with E-state index in [2.05, 4.69) is 36.1 Å². The summed E-state index contributed by atoms with van der Waals surface area (Å²) in [5.41, 5.74) is 1.42. The van der Waals surface area contributed by atoms with Gasteiger partial charge in [-0.25, -0.2) is 0 Å². The number of nitrogens with zero attached hydrogens (tertiary/aromatic N) is 1. The Bertz CT molecular complexity index is 448. The van der Waals surface area contributed by atoms with Crippen LogP contribution in [0.15, 0.2) is 24.3 Å². The molecule has 1 aromatic carbocycles. The lowest BCUT2D eigenvalue weighted by Crippen LogP contribution is -2.23. The number of likely N-dealkylation sites (tertiary alicyclic amines) is 1. The lowest BCUT2D eigenvalue weighted by Gasteiger charge is -2.19.